The highest BCUT2D eigenvalue weighted by molar-refractivity contribution is 5.87. The van der Waals surface area contributed by atoms with Crippen molar-refractivity contribution in [2.24, 2.45) is 9.98 Å². The maximum atomic E-state index is 4.88. The van der Waals surface area contributed by atoms with Crippen LogP contribution < -0.4 is 44.6 Å². The van der Waals surface area contributed by atoms with E-state index in [2.05, 4.69) is 89.6 Å². The van der Waals surface area contributed by atoms with E-state index in [1.54, 1.807) is 0 Å². The molecule has 2 aromatic carbocycles. The smallest absolute Gasteiger partial charge is 0.0864 e. The first kappa shape index (κ1) is 33.8. The van der Waals surface area contributed by atoms with Crippen molar-refractivity contribution in [3.63, 3.8) is 0 Å². The topological polar surface area (TPSA) is 48.8 Å². The number of quaternary nitrogens is 2. The zero-order valence-corrected chi connectivity index (χ0v) is 26.9. The summed E-state index contributed by atoms with van der Waals surface area (Å²) in [7, 11) is 13.4. The Morgan fingerprint density at radius 1 is 0.579 bits per heavy atom. The van der Waals surface area contributed by atoms with Gasteiger partial charge in [0.15, 0.2) is 0 Å². The van der Waals surface area contributed by atoms with Gasteiger partial charge in [-0.15, -0.1) is 0 Å². The van der Waals surface area contributed by atoms with E-state index < -0.39 is 0 Å². The number of hydrogen-bond donors (Lipinski definition) is 2. The van der Waals surface area contributed by atoms with Gasteiger partial charge < -0.3 is 53.6 Å². The highest BCUT2D eigenvalue weighted by Gasteiger charge is 2.09. The Kier molecular flexibility index (Phi) is 14.2. The maximum Gasteiger partial charge on any atom is 0.0864 e. The second-order valence-corrected chi connectivity index (χ2v) is 11.5. The van der Waals surface area contributed by atoms with Crippen LogP contribution >= 0.6 is 0 Å². The number of fused-ring (bicyclic) bond motifs is 2. The molecule has 1 aliphatic rings. The lowest BCUT2D eigenvalue weighted by Gasteiger charge is -2.23. The fourth-order valence-electron chi connectivity index (χ4n) is 3.93. The molecule has 0 fully saturated rings. The molecule has 0 spiro atoms. The van der Waals surface area contributed by atoms with E-state index in [1.807, 2.05) is 36.7 Å². The molecule has 3 rings (SSSR count). The number of nitrogens with one attached hydrogen (secondary N) is 2. The molecule has 0 saturated carbocycles. The number of halogens is 2. The van der Waals surface area contributed by atoms with Crippen molar-refractivity contribution in [1.82, 2.24) is 0 Å². The Labute approximate surface area is 251 Å². The van der Waals surface area contributed by atoms with E-state index in [-0.39, 0.29) is 34.0 Å². The SMILES string of the molecule is C[N+](C)(C)CCC/C1=C/Nc2ccccc2N=C/C(CCC[N+](C)(C)C)=C\Nc2ccccc2N=C1.[Br-].[Br-]. The van der Waals surface area contributed by atoms with Crippen molar-refractivity contribution in [2.75, 3.05) is 66.0 Å². The number of nitrogens with zero attached hydrogens (tertiary/aromatic N) is 4. The largest absolute Gasteiger partial charge is 1.00 e. The van der Waals surface area contributed by atoms with Crippen LogP contribution in [0, 0.1) is 0 Å². The van der Waals surface area contributed by atoms with Crippen molar-refractivity contribution >= 4 is 35.2 Å². The van der Waals surface area contributed by atoms with Gasteiger partial charge in [-0.25, -0.2) is 0 Å². The quantitative estimate of drug-likeness (QED) is 0.407. The molecule has 0 saturated heterocycles. The molecule has 0 amide bonds. The molecule has 0 atom stereocenters. The fourth-order valence-corrected chi connectivity index (χ4v) is 3.93. The van der Waals surface area contributed by atoms with E-state index in [9.17, 15) is 0 Å². The van der Waals surface area contributed by atoms with E-state index >= 15 is 0 Å². The average Bonchev–Trinajstić information content (AvgIpc) is 2.81. The molecule has 0 unspecified atom stereocenters. The van der Waals surface area contributed by atoms with Crippen molar-refractivity contribution in [3.05, 3.63) is 72.1 Å². The molecule has 0 radical (unpaired) electrons. The number of aliphatic imine (C=N–C) groups is 2. The summed E-state index contributed by atoms with van der Waals surface area (Å²) in [4.78, 5) is 9.76. The summed E-state index contributed by atoms with van der Waals surface area (Å²) >= 11 is 0. The second kappa shape index (κ2) is 16.0. The van der Waals surface area contributed by atoms with Crippen LogP contribution in [0.15, 0.2) is 82.1 Å². The lowest BCUT2D eigenvalue weighted by Crippen LogP contribution is -3.00. The first-order valence-electron chi connectivity index (χ1n) is 12.9. The fraction of sp³-hybridized carbons (Fsp3) is 0.400. The Hall–Kier alpha value is -2.26. The number of benzene rings is 2. The maximum absolute atomic E-state index is 4.88. The predicted molar refractivity (Wildman–Crippen MR) is 157 cm³/mol. The summed E-state index contributed by atoms with van der Waals surface area (Å²) in [5.74, 6) is 0. The monoisotopic (exact) mass is 646 g/mol. The van der Waals surface area contributed by atoms with Gasteiger partial charge in [-0.3, -0.25) is 9.98 Å². The van der Waals surface area contributed by atoms with Crippen LogP contribution in [0.3, 0.4) is 0 Å². The average molecular weight is 649 g/mol. The molecule has 8 heteroatoms. The summed E-state index contributed by atoms with van der Waals surface area (Å²) in [5, 5.41) is 7.01. The van der Waals surface area contributed by atoms with Crippen LogP contribution in [0.1, 0.15) is 25.7 Å². The highest BCUT2D eigenvalue weighted by Crippen LogP contribution is 2.27. The summed E-state index contributed by atoms with van der Waals surface area (Å²) in [6.45, 7) is 2.21. The molecule has 1 heterocycles. The Balaban J connectivity index is 0.00000361. The molecular formula is C30H44Br2N6. The van der Waals surface area contributed by atoms with Gasteiger partial charge in [-0.2, -0.15) is 0 Å². The van der Waals surface area contributed by atoms with E-state index in [4.69, 9.17) is 9.98 Å². The molecule has 2 aromatic rings. The first-order chi connectivity index (χ1) is 17.1. The normalized spacial score (nSPS) is 16.5. The molecule has 0 bridgehead atoms. The standard InChI is InChI=1S/C30H44N6.2BrH/c1-35(2,3)19-11-13-25-21-31-27-15-7-9-17-29(27)33-23-26(14-12-20-36(4,5)6)24-34-30-18-10-8-16-28(30)32-22-25;;/h7-10,15-18,21-24,31,34H,11-14,19-20H2,1-6H3;2*1H/q+2;;/p-2/b25-21-,26-24-,32-22?,33-23?;;. The summed E-state index contributed by atoms with van der Waals surface area (Å²) in [5.41, 5.74) is 6.14. The van der Waals surface area contributed by atoms with Crippen LogP contribution in [-0.2, 0) is 0 Å². The minimum Gasteiger partial charge on any atom is -1.00 e. The third kappa shape index (κ3) is 12.5. The third-order valence-electron chi connectivity index (χ3n) is 5.96. The van der Waals surface area contributed by atoms with Crippen LogP contribution in [0.4, 0.5) is 22.7 Å². The van der Waals surface area contributed by atoms with Crippen LogP contribution in [-0.4, -0.2) is 76.8 Å². The zero-order chi connectivity index (χ0) is 26.0. The Morgan fingerprint density at radius 3 is 1.32 bits per heavy atom. The van der Waals surface area contributed by atoms with Gasteiger partial charge in [0.2, 0.25) is 0 Å². The van der Waals surface area contributed by atoms with Crippen molar-refractivity contribution in [3.8, 4) is 0 Å². The second-order valence-electron chi connectivity index (χ2n) is 11.5. The number of rotatable bonds is 8. The van der Waals surface area contributed by atoms with Gasteiger partial charge >= 0.3 is 0 Å². The lowest BCUT2D eigenvalue weighted by atomic mass is 10.1. The molecule has 6 nitrogen and oxygen atoms in total. The van der Waals surface area contributed by atoms with Gasteiger partial charge in [0, 0.05) is 37.7 Å². The molecule has 2 N–H and O–H groups in total. The van der Waals surface area contributed by atoms with Crippen molar-refractivity contribution in [2.45, 2.75) is 25.7 Å². The van der Waals surface area contributed by atoms with Gasteiger partial charge in [-0.05, 0) is 48.3 Å². The first-order valence-corrected chi connectivity index (χ1v) is 12.9. The molecule has 0 aromatic heterocycles. The zero-order valence-electron chi connectivity index (χ0n) is 23.7. The highest BCUT2D eigenvalue weighted by atomic mass is 79.9. The van der Waals surface area contributed by atoms with E-state index in [0.717, 1.165) is 81.6 Å². The third-order valence-corrected chi connectivity index (χ3v) is 5.96. The van der Waals surface area contributed by atoms with Gasteiger partial charge in [0.05, 0.1) is 78.1 Å². The Morgan fingerprint density at radius 2 is 0.947 bits per heavy atom. The van der Waals surface area contributed by atoms with E-state index in [0.29, 0.717) is 0 Å². The van der Waals surface area contributed by atoms with Gasteiger partial charge in [0.1, 0.15) is 0 Å². The van der Waals surface area contributed by atoms with Crippen molar-refractivity contribution in [1.29, 1.82) is 0 Å². The minimum absolute atomic E-state index is 0. The predicted octanol–water partition coefficient (Wildman–Crippen LogP) is 0.377. The summed E-state index contributed by atoms with van der Waals surface area (Å²) in [6.07, 6.45) is 12.2. The lowest BCUT2D eigenvalue weighted by molar-refractivity contribution is -0.870. The molecule has 208 valence electrons. The molecular weight excluding hydrogens is 604 g/mol. The van der Waals surface area contributed by atoms with Gasteiger partial charge in [0.25, 0.3) is 0 Å². The van der Waals surface area contributed by atoms with E-state index in [1.165, 1.54) is 0 Å². The van der Waals surface area contributed by atoms with Crippen LogP contribution in [0.5, 0.6) is 0 Å². The van der Waals surface area contributed by atoms with Gasteiger partial charge in [-0.1, -0.05) is 24.3 Å². The minimum atomic E-state index is 0. The number of anilines is 2. The van der Waals surface area contributed by atoms with Crippen LogP contribution in [0.2, 0.25) is 0 Å². The van der Waals surface area contributed by atoms with Crippen molar-refractivity contribution < 1.29 is 42.9 Å². The summed E-state index contributed by atoms with van der Waals surface area (Å²) in [6, 6.07) is 16.4. The Bertz CT molecular complexity index is 1030. The molecule has 0 aliphatic carbocycles. The number of allylic oxidation sites excluding steroid dienone is 2. The molecule has 38 heavy (non-hydrogen) atoms. The number of hydrogen-bond acceptors (Lipinski definition) is 4. The number of para-hydroxylation sites is 4. The summed E-state index contributed by atoms with van der Waals surface area (Å²) < 4.78 is 1.90. The molecule has 1 aliphatic heterocycles. The van der Waals surface area contributed by atoms with Crippen LogP contribution in [0.25, 0.3) is 0 Å².